The number of hydrogen-bond donors (Lipinski definition) is 0. The second-order valence-electron chi connectivity index (χ2n) is 3.21. The SMILES string of the molecule is C/C=C/OCCCC1CCSC1. The first kappa shape index (κ1) is 9.97. The monoisotopic (exact) mass is 186 g/mol. The molecule has 1 rings (SSSR count). The number of ether oxygens (including phenoxy) is 1. The van der Waals surface area contributed by atoms with Crippen LogP contribution in [0.15, 0.2) is 12.3 Å². The molecule has 1 atom stereocenters. The average Bonchev–Trinajstić information content (AvgIpc) is 2.57. The maximum atomic E-state index is 5.26. The summed E-state index contributed by atoms with van der Waals surface area (Å²) >= 11 is 2.10. The molecule has 1 saturated heterocycles. The predicted octanol–water partition coefficient (Wildman–Crippen LogP) is 3.07. The molecular formula is C10H18OS. The Morgan fingerprint density at radius 1 is 1.58 bits per heavy atom. The molecule has 1 unspecified atom stereocenters. The number of allylic oxidation sites excluding steroid dienone is 1. The first-order valence-corrected chi connectivity index (χ1v) is 5.89. The van der Waals surface area contributed by atoms with Crippen LogP contribution in [0.5, 0.6) is 0 Å². The van der Waals surface area contributed by atoms with Gasteiger partial charge in [0.25, 0.3) is 0 Å². The van der Waals surface area contributed by atoms with Gasteiger partial charge in [-0.05, 0) is 43.6 Å². The van der Waals surface area contributed by atoms with Crippen LogP contribution in [0.3, 0.4) is 0 Å². The van der Waals surface area contributed by atoms with E-state index >= 15 is 0 Å². The van der Waals surface area contributed by atoms with Gasteiger partial charge >= 0.3 is 0 Å². The molecule has 1 aliphatic heterocycles. The fraction of sp³-hybridized carbons (Fsp3) is 0.800. The van der Waals surface area contributed by atoms with E-state index in [9.17, 15) is 0 Å². The van der Waals surface area contributed by atoms with Crippen molar-refractivity contribution in [3.8, 4) is 0 Å². The third-order valence-electron chi connectivity index (χ3n) is 2.13. The van der Waals surface area contributed by atoms with Crippen molar-refractivity contribution in [2.75, 3.05) is 18.1 Å². The summed E-state index contributed by atoms with van der Waals surface area (Å²) < 4.78 is 5.26. The second kappa shape index (κ2) is 6.41. The van der Waals surface area contributed by atoms with E-state index in [-0.39, 0.29) is 0 Å². The molecule has 0 amide bonds. The van der Waals surface area contributed by atoms with Crippen LogP contribution >= 0.6 is 11.8 Å². The summed E-state index contributed by atoms with van der Waals surface area (Å²) in [5.41, 5.74) is 0. The van der Waals surface area contributed by atoms with Gasteiger partial charge in [0.15, 0.2) is 0 Å². The van der Waals surface area contributed by atoms with E-state index in [1.807, 2.05) is 13.0 Å². The van der Waals surface area contributed by atoms with E-state index in [2.05, 4.69) is 11.8 Å². The van der Waals surface area contributed by atoms with Crippen molar-refractivity contribution in [3.05, 3.63) is 12.3 Å². The molecule has 0 spiro atoms. The lowest BCUT2D eigenvalue weighted by Crippen LogP contribution is -1.99. The van der Waals surface area contributed by atoms with Crippen molar-refractivity contribution in [2.45, 2.75) is 26.2 Å². The predicted molar refractivity (Wildman–Crippen MR) is 55.4 cm³/mol. The number of rotatable bonds is 5. The molecule has 1 nitrogen and oxygen atoms in total. The van der Waals surface area contributed by atoms with Crippen molar-refractivity contribution in [2.24, 2.45) is 5.92 Å². The molecule has 12 heavy (non-hydrogen) atoms. The summed E-state index contributed by atoms with van der Waals surface area (Å²) in [6.07, 6.45) is 7.71. The summed E-state index contributed by atoms with van der Waals surface area (Å²) in [6, 6.07) is 0. The van der Waals surface area contributed by atoms with Crippen molar-refractivity contribution < 1.29 is 4.74 Å². The molecule has 1 fully saturated rings. The maximum Gasteiger partial charge on any atom is 0.0873 e. The molecule has 0 N–H and O–H groups in total. The summed E-state index contributed by atoms with van der Waals surface area (Å²) in [5, 5.41) is 0. The molecule has 1 heterocycles. The van der Waals surface area contributed by atoms with Gasteiger partial charge in [0.1, 0.15) is 0 Å². The first-order valence-electron chi connectivity index (χ1n) is 4.74. The zero-order valence-corrected chi connectivity index (χ0v) is 8.61. The highest BCUT2D eigenvalue weighted by molar-refractivity contribution is 7.99. The van der Waals surface area contributed by atoms with Crippen LogP contribution in [-0.4, -0.2) is 18.1 Å². The zero-order chi connectivity index (χ0) is 8.65. The average molecular weight is 186 g/mol. The van der Waals surface area contributed by atoms with Crippen LogP contribution in [0.2, 0.25) is 0 Å². The Labute approximate surface area is 79.6 Å². The molecule has 0 aliphatic carbocycles. The van der Waals surface area contributed by atoms with E-state index in [0.29, 0.717) is 0 Å². The van der Waals surface area contributed by atoms with E-state index in [1.165, 1.54) is 30.8 Å². The topological polar surface area (TPSA) is 9.23 Å². The maximum absolute atomic E-state index is 5.26. The molecule has 70 valence electrons. The molecule has 0 bridgehead atoms. The summed E-state index contributed by atoms with van der Waals surface area (Å²) in [4.78, 5) is 0. The van der Waals surface area contributed by atoms with Crippen molar-refractivity contribution >= 4 is 11.8 Å². The van der Waals surface area contributed by atoms with Crippen molar-refractivity contribution in [3.63, 3.8) is 0 Å². The number of thioether (sulfide) groups is 1. The van der Waals surface area contributed by atoms with Crippen molar-refractivity contribution in [1.82, 2.24) is 0 Å². The smallest absolute Gasteiger partial charge is 0.0873 e. The van der Waals surface area contributed by atoms with Gasteiger partial charge in [-0.3, -0.25) is 0 Å². The quantitative estimate of drug-likeness (QED) is 0.482. The largest absolute Gasteiger partial charge is 0.502 e. The van der Waals surface area contributed by atoms with Crippen LogP contribution in [0.1, 0.15) is 26.2 Å². The first-order chi connectivity index (χ1) is 5.93. The molecule has 0 saturated carbocycles. The van der Waals surface area contributed by atoms with E-state index < -0.39 is 0 Å². The van der Waals surface area contributed by atoms with Crippen LogP contribution in [0.4, 0.5) is 0 Å². The molecule has 0 aromatic rings. The Morgan fingerprint density at radius 2 is 2.50 bits per heavy atom. The molecule has 0 aromatic carbocycles. The number of hydrogen-bond acceptors (Lipinski definition) is 2. The van der Waals surface area contributed by atoms with Gasteiger partial charge in [-0.25, -0.2) is 0 Å². The van der Waals surface area contributed by atoms with E-state index in [4.69, 9.17) is 4.74 Å². The Balaban J connectivity index is 1.87. The van der Waals surface area contributed by atoms with Crippen molar-refractivity contribution in [1.29, 1.82) is 0 Å². The third-order valence-corrected chi connectivity index (χ3v) is 3.36. The Morgan fingerprint density at radius 3 is 3.17 bits per heavy atom. The molecule has 0 radical (unpaired) electrons. The van der Waals surface area contributed by atoms with Crippen LogP contribution in [-0.2, 0) is 4.74 Å². The standard InChI is InChI=1S/C10H18OS/c1-2-6-11-7-3-4-10-5-8-12-9-10/h2,6,10H,3-5,7-9H2,1H3/b6-2+. The fourth-order valence-electron chi connectivity index (χ4n) is 1.43. The summed E-state index contributed by atoms with van der Waals surface area (Å²) in [7, 11) is 0. The van der Waals surface area contributed by atoms with Gasteiger partial charge in [-0.2, -0.15) is 11.8 Å². The lowest BCUT2D eigenvalue weighted by Gasteiger charge is -2.06. The molecular weight excluding hydrogens is 168 g/mol. The Hall–Kier alpha value is -0.110. The lowest BCUT2D eigenvalue weighted by molar-refractivity contribution is 0.234. The minimum Gasteiger partial charge on any atom is -0.502 e. The van der Waals surface area contributed by atoms with Crippen LogP contribution < -0.4 is 0 Å². The van der Waals surface area contributed by atoms with Gasteiger partial charge in [-0.15, -0.1) is 0 Å². The van der Waals surface area contributed by atoms with E-state index in [0.717, 1.165) is 12.5 Å². The second-order valence-corrected chi connectivity index (χ2v) is 4.36. The summed E-state index contributed by atoms with van der Waals surface area (Å²) in [5.74, 6) is 3.73. The minimum absolute atomic E-state index is 0.894. The Bertz CT molecular complexity index is 128. The van der Waals surface area contributed by atoms with E-state index in [1.54, 1.807) is 6.26 Å². The van der Waals surface area contributed by atoms with Crippen LogP contribution in [0, 0.1) is 5.92 Å². The van der Waals surface area contributed by atoms with Gasteiger partial charge in [0.05, 0.1) is 12.9 Å². The highest BCUT2D eigenvalue weighted by Gasteiger charge is 2.14. The fourth-order valence-corrected chi connectivity index (χ4v) is 2.76. The minimum atomic E-state index is 0.894. The molecule has 0 aromatic heterocycles. The third kappa shape index (κ3) is 4.05. The molecule has 1 aliphatic rings. The lowest BCUT2D eigenvalue weighted by atomic mass is 10.0. The van der Waals surface area contributed by atoms with Gasteiger partial charge in [0.2, 0.25) is 0 Å². The molecule has 2 heteroatoms. The Kier molecular flexibility index (Phi) is 5.33. The highest BCUT2D eigenvalue weighted by Crippen LogP contribution is 2.26. The highest BCUT2D eigenvalue weighted by atomic mass is 32.2. The summed E-state index contributed by atoms with van der Waals surface area (Å²) in [6.45, 7) is 2.87. The van der Waals surface area contributed by atoms with Gasteiger partial charge < -0.3 is 4.74 Å². The normalized spacial score (nSPS) is 23.6. The zero-order valence-electron chi connectivity index (χ0n) is 7.79. The van der Waals surface area contributed by atoms with Crippen LogP contribution in [0.25, 0.3) is 0 Å². The van der Waals surface area contributed by atoms with Gasteiger partial charge in [0, 0.05) is 0 Å². The van der Waals surface area contributed by atoms with Gasteiger partial charge in [-0.1, -0.05) is 6.08 Å².